The van der Waals surface area contributed by atoms with Crippen molar-refractivity contribution in [3.8, 4) is 0 Å². The number of aliphatic carboxylic acids is 1. The second-order valence-corrected chi connectivity index (χ2v) is 5.24. The molecule has 1 aromatic heterocycles. The highest BCUT2D eigenvalue weighted by molar-refractivity contribution is 6.35. The normalized spacial score (nSPS) is 22.2. The summed E-state index contributed by atoms with van der Waals surface area (Å²) in [6.07, 6.45) is 3.30. The summed E-state index contributed by atoms with van der Waals surface area (Å²) in [5.74, 6) is -1.85. The van der Waals surface area contributed by atoms with Crippen molar-refractivity contribution < 1.29 is 14.7 Å². The third-order valence-corrected chi connectivity index (χ3v) is 3.72. The Morgan fingerprint density at radius 3 is 2.79 bits per heavy atom. The van der Waals surface area contributed by atoms with E-state index in [4.69, 9.17) is 28.3 Å². The van der Waals surface area contributed by atoms with Crippen LogP contribution in [0.5, 0.6) is 0 Å². The van der Waals surface area contributed by atoms with Crippen molar-refractivity contribution in [1.82, 2.24) is 10.3 Å². The Kier molecular flexibility index (Phi) is 4.27. The molecule has 1 aromatic rings. The van der Waals surface area contributed by atoms with Gasteiger partial charge < -0.3 is 10.4 Å². The lowest BCUT2D eigenvalue weighted by atomic mass is 10.0. The highest BCUT2D eigenvalue weighted by Gasteiger charge is 2.34. The number of aromatic nitrogens is 1. The fraction of sp³-hybridized carbons (Fsp3) is 0.417. The number of pyridine rings is 1. The number of hydrogen-bond donors (Lipinski definition) is 2. The molecule has 0 aromatic carbocycles. The fourth-order valence-corrected chi connectivity index (χ4v) is 2.61. The molecule has 0 aliphatic heterocycles. The Balaban J connectivity index is 2.12. The van der Waals surface area contributed by atoms with Crippen LogP contribution in [-0.4, -0.2) is 28.0 Å². The Labute approximate surface area is 119 Å². The maximum absolute atomic E-state index is 12.1. The minimum atomic E-state index is -0.887. The fourth-order valence-electron chi connectivity index (χ4n) is 2.26. The van der Waals surface area contributed by atoms with Crippen LogP contribution in [0.15, 0.2) is 12.3 Å². The molecule has 2 unspecified atom stereocenters. The van der Waals surface area contributed by atoms with Crippen LogP contribution in [0.25, 0.3) is 0 Å². The number of hydrogen-bond acceptors (Lipinski definition) is 3. The zero-order chi connectivity index (χ0) is 14.0. The number of carboxylic acids is 1. The first-order valence-corrected chi connectivity index (χ1v) is 6.59. The van der Waals surface area contributed by atoms with Gasteiger partial charge in [0.25, 0.3) is 5.91 Å². The Morgan fingerprint density at radius 2 is 2.11 bits per heavy atom. The monoisotopic (exact) mass is 302 g/mol. The van der Waals surface area contributed by atoms with Gasteiger partial charge in [-0.25, -0.2) is 4.98 Å². The first kappa shape index (κ1) is 14.1. The van der Waals surface area contributed by atoms with Crippen LogP contribution in [0.3, 0.4) is 0 Å². The summed E-state index contributed by atoms with van der Waals surface area (Å²) in [5.41, 5.74) is 0.206. The number of carboxylic acid groups (broad SMARTS) is 1. The molecule has 1 amide bonds. The van der Waals surface area contributed by atoms with Gasteiger partial charge in [0.15, 0.2) is 0 Å². The van der Waals surface area contributed by atoms with Crippen molar-refractivity contribution in [3.05, 3.63) is 28.0 Å². The third kappa shape index (κ3) is 3.16. The van der Waals surface area contributed by atoms with Gasteiger partial charge >= 0.3 is 5.97 Å². The van der Waals surface area contributed by atoms with Gasteiger partial charge in [-0.1, -0.05) is 29.6 Å². The van der Waals surface area contributed by atoms with Gasteiger partial charge in [0.1, 0.15) is 5.15 Å². The number of carbonyl (C=O) groups is 2. The predicted octanol–water partition coefficient (Wildman–Crippen LogP) is 2.37. The van der Waals surface area contributed by atoms with Crippen molar-refractivity contribution in [2.75, 3.05) is 0 Å². The summed E-state index contributed by atoms with van der Waals surface area (Å²) in [4.78, 5) is 26.9. The Hall–Kier alpha value is -1.33. The van der Waals surface area contributed by atoms with Gasteiger partial charge in [0.05, 0.1) is 16.5 Å². The van der Waals surface area contributed by atoms with E-state index in [2.05, 4.69) is 10.3 Å². The van der Waals surface area contributed by atoms with Gasteiger partial charge in [-0.2, -0.15) is 0 Å². The van der Waals surface area contributed by atoms with E-state index in [1.54, 1.807) is 0 Å². The van der Waals surface area contributed by atoms with Gasteiger partial charge in [0, 0.05) is 12.2 Å². The van der Waals surface area contributed by atoms with E-state index >= 15 is 0 Å². The molecule has 19 heavy (non-hydrogen) atoms. The Morgan fingerprint density at radius 1 is 1.37 bits per heavy atom. The quantitative estimate of drug-likeness (QED) is 0.840. The summed E-state index contributed by atoms with van der Waals surface area (Å²) in [7, 11) is 0. The molecule has 0 spiro atoms. The van der Waals surface area contributed by atoms with Crippen molar-refractivity contribution in [2.24, 2.45) is 5.92 Å². The SMILES string of the molecule is O=C(NC1CCCC1C(=O)O)c1cc(Cl)ncc1Cl. The van der Waals surface area contributed by atoms with Crippen LogP contribution in [0, 0.1) is 5.92 Å². The molecule has 1 heterocycles. The summed E-state index contributed by atoms with van der Waals surface area (Å²) in [6.45, 7) is 0. The highest BCUT2D eigenvalue weighted by atomic mass is 35.5. The van der Waals surface area contributed by atoms with E-state index in [9.17, 15) is 9.59 Å². The third-order valence-electron chi connectivity index (χ3n) is 3.22. The first-order valence-electron chi connectivity index (χ1n) is 5.83. The standard InChI is InChI=1S/C12H12Cl2N2O3/c13-8-5-15-10(14)4-7(8)11(17)16-9-3-1-2-6(9)12(18)19/h4-6,9H,1-3H2,(H,16,17)(H,18,19). The molecule has 7 heteroatoms. The van der Waals surface area contributed by atoms with E-state index in [0.717, 1.165) is 6.42 Å². The average molecular weight is 303 g/mol. The van der Waals surface area contributed by atoms with Crippen LogP contribution >= 0.6 is 23.2 Å². The first-order chi connectivity index (χ1) is 8.99. The number of halogens is 2. The molecular weight excluding hydrogens is 291 g/mol. The highest BCUT2D eigenvalue weighted by Crippen LogP contribution is 2.27. The lowest BCUT2D eigenvalue weighted by molar-refractivity contribution is -0.142. The zero-order valence-corrected chi connectivity index (χ0v) is 11.4. The van der Waals surface area contributed by atoms with Gasteiger partial charge in [0.2, 0.25) is 0 Å². The largest absolute Gasteiger partial charge is 0.481 e. The summed E-state index contributed by atoms with van der Waals surface area (Å²) in [5, 5.41) is 12.1. The molecule has 5 nitrogen and oxygen atoms in total. The summed E-state index contributed by atoms with van der Waals surface area (Å²) < 4.78 is 0. The molecule has 1 aliphatic rings. The van der Waals surface area contributed by atoms with Crippen molar-refractivity contribution >= 4 is 35.1 Å². The van der Waals surface area contributed by atoms with Crippen LogP contribution in [-0.2, 0) is 4.79 Å². The zero-order valence-electron chi connectivity index (χ0n) is 9.90. The maximum Gasteiger partial charge on any atom is 0.308 e. The number of amides is 1. The van der Waals surface area contributed by atoms with Crippen molar-refractivity contribution in [1.29, 1.82) is 0 Å². The van der Waals surface area contributed by atoms with Crippen LogP contribution in [0.4, 0.5) is 0 Å². The number of nitrogens with one attached hydrogen (secondary N) is 1. The molecule has 1 fully saturated rings. The molecule has 0 bridgehead atoms. The van der Waals surface area contributed by atoms with Crippen molar-refractivity contribution in [2.45, 2.75) is 25.3 Å². The van der Waals surface area contributed by atoms with Gasteiger partial charge in [-0.3, -0.25) is 9.59 Å². The number of nitrogens with zero attached hydrogens (tertiary/aromatic N) is 1. The molecular formula is C12H12Cl2N2O3. The van der Waals surface area contributed by atoms with E-state index in [-0.39, 0.29) is 21.8 Å². The van der Waals surface area contributed by atoms with E-state index in [1.165, 1.54) is 12.3 Å². The lowest BCUT2D eigenvalue weighted by Crippen LogP contribution is -2.40. The second-order valence-electron chi connectivity index (χ2n) is 4.44. The Bertz CT molecular complexity index is 522. The minimum absolute atomic E-state index is 0.163. The molecule has 1 aliphatic carbocycles. The molecule has 2 atom stereocenters. The smallest absolute Gasteiger partial charge is 0.308 e. The van der Waals surface area contributed by atoms with Gasteiger partial charge in [-0.15, -0.1) is 0 Å². The van der Waals surface area contributed by atoms with E-state index in [1.807, 2.05) is 0 Å². The molecule has 2 rings (SSSR count). The summed E-state index contributed by atoms with van der Waals surface area (Å²) >= 11 is 11.6. The summed E-state index contributed by atoms with van der Waals surface area (Å²) in [6, 6.07) is 0.997. The van der Waals surface area contributed by atoms with E-state index < -0.39 is 17.8 Å². The van der Waals surface area contributed by atoms with Crippen LogP contribution < -0.4 is 5.32 Å². The predicted molar refractivity (Wildman–Crippen MR) is 70.5 cm³/mol. The average Bonchev–Trinajstić information content (AvgIpc) is 2.80. The van der Waals surface area contributed by atoms with Gasteiger partial charge in [-0.05, 0) is 18.9 Å². The van der Waals surface area contributed by atoms with Crippen molar-refractivity contribution in [3.63, 3.8) is 0 Å². The molecule has 1 saturated carbocycles. The maximum atomic E-state index is 12.1. The topological polar surface area (TPSA) is 79.3 Å². The molecule has 0 saturated heterocycles. The molecule has 102 valence electrons. The van der Waals surface area contributed by atoms with Crippen LogP contribution in [0.2, 0.25) is 10.2 Å². The lowest BCUT2D eigenvalue weighted by Gasteiger charge is -2.17. The number of carbonyl (C=O) groups excluding carboxylic acids is 1. The van der Waals surface area contributed by atoms with E-state index in [0.29, 0.717) is 12.8 Å². The molecule has 2 N–H and O–H groups in total. The van der Waals surface area contributed by atoms with Crippen LogP contribution in [0.1, 0.15) is 29.6 Å². The molecule has 0 radical (unpaired) electrons. The number of rotatable bonds is 3. The minimum Gasteiger partial charge on any atom is -0.481 e. The second kappa shape index (κ2) is 5.75.